The Morgan fingerprint density at radius 1 is 1.06 bits per heavy atom. The topological polar surface area (TPSA) is 40.5 Å². The molecule has 0 fully saturated rings. The van der Waals surface area contributed by atoms with Gasteiger partial charge in [0.25, 0.3) is 0 Å². The minimum Gasteiger partial charge on any atom is -0.310 e. The number of aryl methyl sites for hydroxylation is 1. The van der Waals surface area contributed by atoms with Gasteiger partial charge in [-0.3, -0.25) is 0 Å². The Hall–Kier alpha value is -3.06. The SMILES string of the molecule is Cc1cccc(NC(=O)N2Cc3c(sc4c3CCN(C)C4)-n3cccc3[C@H]2c2cccc(Cl)c2)c1. The van der Waals surface area contributed by atoms with Gasteiger partial charge >= 0.3 is 6.03 Å². The third-order valence-corrected chi connectivity index (χ3v) is 8.44. The highest BCUT2D eigenvalue weighted by Gasteiger charge is 2.36. The number of hydrogen-bond donors (Lipinski definition) is 1. The van der Waals surface area contributed by atoms with Gasteiger partial charge in [0.1, 0.15) is 5.00 Å². The quantitative estimate of drug-likeness (QED) is 0.334. The van der Waals surface area contributed by atoms with Crippen LogP contribution in [0.3, 0.4) is 0 Å². The minimum atomic E-state index is -0.268. The molecule has 0 saturated heterocycles. The summed E-state index contributed by atoms with van der Waals surface area (Å²) in [5.74, 6) is 0. The highest BCUT2D eigenvalue weighted by molar-refractivity contribution is 7.15. The summed E-state index contributed by atoms with van der Waals surface area (Å²) in [7, 11) is 2.17. The van der Waals surface area contributed by atoms with E-state index in [1.165, 1.54) is 21.0 Å². The molecule has 1 atom stereocenters. The van der Waals surface area contributed by atoms with Gasteiger partial charge in [-0.25, -0.2) is 4.79 Å². The molecular weight excluding hydrogens is 476 g/mol. The fraction of sp³-hybridized carbons (Fsp3) is 0.250. The van der Waals surface area contributed by atoms with Crippen molar-refractivity contribution in [3.63, 3.8) is 0 Å². The van der Waals surface area contributed by atoms with Gasteiger partial charge in [0.2, 0.25) is 0 Å². The number of aromatic nitrogens is 1. The molecule has 2 amide bonds. The van der Waals surface area contributed by atoms with Crippen molar-refractivity contribution in [2.24, 2.45) is 0 Å². The molecule has 6 rings (SSSR count). The lowest BCUT2D eigenvalue weighted by molar-refractivity contribution is 0.194. The van der Waals surface area contributed by atoms with E-state index < -0.39 is 0 Å². The van der Waals surface area contributed by atoms with Gasteiger partial charge in [-0.2, -0.15) is 0 Å². The predicted octanol–water partition coefficient (Wildman–Crippen LogP) is 6.63. The Balaban J connectivity index is 1.50. The molecule has 0 unspecified atom stereocenters. The number of carbonyl (C=O) groups is 1. The van der Waals surface area contributed by atoms with Crippen LogP contribution >= 0.6 is 22.9 Å². The molecule has 0 spiro atoms. The molecule has 0 radical (unpaired) electrons. The summed E-state index contributed by atoms with van der Waals surface area (Å²) in [6, 6.07) is 19.6. The van der Waals surface area contributed by atoms with Crippen LogP contribution in [0, 0.1) is 6.92 Å². The number of hydrogen-bond acceptors (Lipinski definition) is 3. The normalized spacial score (nSPS) is 17.3. The zero-order chi connectivity index (χ0) is 24.1. The van der Waals surface area contributed by atoms with Crippen molar-refractivity contribution in [1.29, 1.82) is 0 Å². The van der Waals surface area contributed by atoms with Crippen LogP contribution in [0.2, 0.25) is 5.02 Å². The molecule has 5 nitrogen and oxygen atoms in total. The van der Waals surface area contributed by atoms with E-state index in [0.717, 1.165) is 42.0 Å². The first-order valence-corrected chi connectivity index (χ1v) is 13.1. The Morgan fingerprint density at radius 3 is 2.74 bits per heavy atom. The second-order valence-corrected chi connectivity index (χ2v) is 11.0. The second-order valence-electron chi connectivity index (χ2n) is 9.46. The molecule has 0 saturated carbocycles. The van der Waals surface area contributed by atoms with Crippen LogP contribution in [-0.4, -0.2) is 34.0 Å². The maximum atomic E-state index is 14.0. The molecule has 0 aliphatic carbocycles. The number of nitrogens with zero attached hydrogens (tertiary/aromatic N) is 3. The largest absolute Gasteiger partial charge is 0.322 e. The first-order valence-electron chi connectivity index (χ1n) is 11.9. The number of anilines is 1. The summed E-state index contributed by atoms with van der Waals surface area (Å²) in [6.07, 6.45) is 3.13. The van der Waals surface area contributed by atoms with Gasteiger partial charge in [0.15, 0.2) is 0 Å². The summed E-state index contributed by atoms with van der Waals surface area (Å²) in [5.41, 5.74) is 6.64. The summed E-state index contributed by atoms with van der Waals surface area (Å²) >= 11 is 8.29. The average molecular weight is 503 g/mol. The van der Waals surface area contributed by atoms with Crippen molar-refractivity contribution in [3.8, 4) is 5.00 Å². The minimum absolute atomic E-state index is 0.117. The van der Waals surface area contributed by atoms with Crippen LogP contribution in [0.1, 0.15) is 38.9 Å². The Labute approximate surface area is 214 Å². The lowest BCUT2D eigenvalue weighted by atomic mass is 10.0. The zero-order valence-corrected chi connectivity index (χ0v) is 21.4. The Bertz CT molecular complexity index is 1420. The maximum absolute atomic E-state index is 14.0. The van der Waals surface area contributed by atoms with E-state index in [4.69, 9.17) is 11.6 Å². The summed E-state index contributed by atoms with van der Waals surface area (Å²) < 4.78 is 2.28. The lowest BCUT2D eigenvalue weighted by Gasteiger charge is -2.32. The molecule has 35 heavy (non-hydrogen) atoms. The number of halogens is 1. The molecule has 0 bridgehead atoms. The zero-order valence-electron chi connectivity index (χ0n) is 19.8. The van der Waals surface area contributed by atoms with E-state index >= 15 is 0 Å². The number of rotatable bonds is 2. The lowest BCUT2D eigenvalue weighted by Crippen LogP contribution is -2.38. The van der Waals surface area contributed by atoms with Gasteiger partial charge in [0.05, 0.1) is 18.3 Å². The van der Waals surface area contributed by atoms with Gasteiger partial charge in [-0.15, -0.1) is 11.3 Å². The number of carbonyl (C=O) groups excluding carboxylic acids is 1. The van der Waals surface area contributed by atoms with E-state index in [0.29, 0.717) is 11.6 Å². The van der Waals surface area contributed by atoms with E-state index in [-0.39, 0.29) is 12.1 Å². The van der Waals surface area contributed by atoms with Crippen molar-refractivity contribution >= 4 is 34.7 Å². The van der Waals surface area contributed by atoms with Gasteiger partial charge in [-0.1, -0.05) is 35.9 Å². The monoisotopic (exact) mass is 502 g/mol. The van der Waals surface area contributed by atoms with Crippen LogP contribution in [-0.2, 0) is 19.5 Å². The van der Waals surface area contributed by atoms with Gasteiger partial charge in [0, 0.05) is 40.4 Å². The molecule has 2 aromatic heterocycles. The van der Waals surface area contributed by atoms with Gasteiger partial charge in [-0.05, 0) is 73.5 Å². The second kappa shape index (κ2) is 8.86. The number of fused-ring (bicyclic) bond motifs is 5. The molecule has 2 aliphatic heterocycles. The van der Waals surface area contributed by atoms with Crippen LogP contribution in [0.4, 0.5) is 10.5 Å². The third-order valence-electron chi connectivity index (χ3n) is 6.95. The number of likely N-dealkylation sites (N-methyl/N-ethyl adjacent to an activating group) is 1. The van der Waals surface area contributed by atoms with E-state index in [9.17, 15) is 4.79 Å². The Morgan fingerprint density at radius 2 is 1.91 bits per heavy atom. The molecule has 2 aliphatic rings. The van der Waals surface area contributed by atoms with E-state index in [1.807, 2.05) is 65.6 Å². The van der Waals surface area contributed by atoms with Crippen molar-refractivity contribution in [2.75, 3.05) is 18.9 Å². The number of amides is 2. The summed E-state index contributed by atoms with van der Waals surface area (Å²) in [6.45, 7) is 4.56. The standard InChI is InChI=1S/C28H27ClN4OS/c1-18-6-3-9-21(14-18)30-28(34)33-16-23-22-11-13-31(2)17-25(22)35-27(23)32-12-5-10-24(32)26(33)19-7-4-8-20(29)15-19/h3-10,12,14-15,26H,11,13,16-17H2,1-2H3,(H,30,34)/t26-/m1/s1. The van der Waals surface area contributed by atoms with Crippen LogP contribution in [0.25, 0.3) is 5.00 Å². The smallest absolute Gasteiger partial charge is 0.310 e. The van der Waals surface area contributed by atoms with Crippen LogP contribution in [0.5, 0.6) is 0 Å². The molecule has 7 heteroatoms. The highest BCUT2D eigenvalue weighted by atomic mass is 35.5. The molecule has 1 N–H and O–H groups in total. The molecule has 4 heterocycles. The number of urea groups is 1. The number of thiophene rings is 1. The molecule has 178 valence electrons. The predicted molar refractivity (Wildman–Crippen MR) is 143 cm³/mol. The van der Waals surface area contributed by atoms with Crippen molar-refractivity contribution in [3.05, 3.63) is 105 Å². The fourth-order valence-electron chi connectivity index (χ4n) is 5.30. The van der Waals surface area contributed by atoms with Gasteiger partial charge < -0.3 is 19.7 Å². The first-order chi connectivity index (χ1) is 17.0. The van der Waals surface area contributed by atoms with Crippen molar-refractivity contribution < 1.29 is 4.79 Å². The summed E-state index contributed by atoms with van der Waals surface area (Å²) in [5, 5.41) is 5.06. The number of benzene rings is 2. The van der Waals surface area contributed by atoms with E-state index in [2.05, 4.69) is 46.2 Å². The maximum Gasteiger partial charge on any atom is 0.322 e. The fourth-order valence-corrected chi connectivity index (χ4v) is 6.94. The van der Waals surface area contributed by atoms with E-state index in [1.54, 1.807) is 0 Å². The van der Waals surface area contributed by atoms with Crippen LogP contribution < -0.4 is 5.32 Å². The van der Waals surface area contributed by atoms with Crippen molar-refractivity contribution in [1.82, 2.24) is 14.4 Å². The van der Waals surface area contributed by atoms with Crippen LogP contribution in [0.15, 0.2) is 66.9 Å². The number of nitrogens with one attached hydrogen (secondary N) is 1. The highest BCUT2D eigenvalue weighted by Crippen LogP contribution is 2.43. The molecule has 4 aromatic rings. The summed E-state index contributed by atoms with van der Waals surface area (Å²) in [4.78, 5) is 19.7. The third kappa shape index (κ3) is 4.05. The average Bonchev–Trinajstić information content (AvgIpc) is 3.40. The first kappa shape index (κ1) is 22.4. The van der Waals surface area contributed by atoms with Crippen molar-refractivity contribution in [2.45, 2.75) is 32.5 Å². The molecule has 2 aromatic carbocycles. The Kier molecular flexibility index (Phi) is 5.67. The molecular formula is C28H27ClN4OS.